The normalized spacial score (nSPS) is 18.5. The summed E-state index contributed by atoms with van der Waals surface area (Å²) in [5, 5.41) is 1.03. The van der Waals surface area contributed by atoms with Crippen LogP contribution in [0.4, 0.5) is 4.79 Å². The lowest BCUT2D eigenvalue weighted by atomic mass is 10.2. The van der Waals surface area contributed by atoms with E-state index in [1.807, 2.05) is 17.4 Å². The summed E-state index contributed by atoms with van der Waals surface area (Å²) in [6.45, 7) is 1.48. The third-order valence-corrected chi connectivity index (χ3v) is 5.97. The molecule has 0 fully saturated rings. The number of sulfonamides is 1. The summed E-state index contributed by atoms with van der Waals surface area (Å²) >= 11 is 7.23. The SMILES string of the molecule is CC1=NC(=O)NC(=O)C1S(=O)(=O)NCCSc1ccc(Cl)cc1. The Hall–Kier alpha value is -1.42. The van der Waals surface area contributed by atoms with E-state index >= 15 is 0 Å². The van der Waals surface area contributed by atoms with Gasteiger partial charge in [-0.3, -0.25) is 10.1 Å². The number of rotatable bonds is 6. The summed E-state index contributed by atoms with van der Waals surface area (Å²) in [5.74, 6) is -0.412. The van der Waals surface area contributed by atoms with Crippen molar-refractivity contribution in [2.45, 2.75) is 17.1 Å². The molecule has 1 aliphatic heterocycles. The summed E-state index contributed by atoms with van der Waals surface area (Å²) in [6, 6.07) is 6.31. The van der Waals surface area contributed by atoms with E-state index < -0.39 is 27.2 Å². The smallest absolute Gasteiger partial charge is 0.275 e. The van der Waals surface area contributed by atoms with Gasteiger partial charge in [-0.1, -0.05) is 11.6 Å². The molecule has 0 saturated carbocycles. The van der Waals surface area contributed by atoms with E-state index in [1.165, 1.54) is 18.7 Å². The molecule has 0 radical (unpaired) electrons. The first-order valence-electron chi connectivity index (χ1n) is 6.56. The van der Waals surface area contributed by atoms with Crippen LogP contribution in [0.3, 0.4) is 0 Å². The Bertz CT molecular complexity index is 747. The van der Waals surface area contributed by atoms with Crippen LogP contribution in [-0.4, -0.2) is 43.6 Å². The first-order chi connectivity index (χ1) is 10.8. The molecule has 1 atom stereocenters. The molecule has 7 nitrogen and oxygen atoms in total. The molecular weight excluding hydrogens is 362 g/mol. The van der Waals surface area contributed by atoms with Crippen molar-refractivity contribution in [2.75, 3.05) is 12.3 Å². The molecule has 1 aromatic carbocycles. The van der Waals surface area contributed by atoms with E-state index in [4.69, 9.17) is 11.6 Å². The van der Waals surface area contributed by atoms with Gasteiger partial charge in [-0.2, -0.15) is 0 Å². The largest absolute Gasteiger partial charge is 0.347 e. The number of imide groups is 1. The Balaban J connectivity index is 1.91. The molecule has 0 aromatic heterocycles. The number of carbonyl (C=O) groups is 2. The highest BCUT2D eigenvalue weighted by Crippen LogP contribution is 2.19. The molecule has 0 saturated heterocycles. The van der Waals surface area contributed by atoms with Crippen LogP contribution >= 0.6 is 23.4 Å². The van der Waals surface area contributed by atoms with Gasteiger partial charge in [0.15, 0.2) is 5.25 Å². The predicted octanol–water partition coefficient (Wildman–Crippen LogP) is 1.43. The number of benzene rings is 1. The topological polar surface area (TPSA) is 105 Å². The number of thioether (sulfide) groups is 1. The molecule has 124 valence electrons. The molecule has 23 heavy (non-hydrogen) atoms. The van der Waals surface area contributed by atoms with Crippen molar-refractivity contribution in [1.29, 1.82) is 0 Å². The summed E-state index contributed by atoms with van der Waals surface area (Å²) in [5.41, 5.74) is -0.0448. The number of halogens is 1. The van der Waals surface area contributed by atoms with Crippen LogP contribution in [0.1, 0.15) is 6.92 Å². The van der Waals surface area contributed by atoms with E-state index in [-0.39, 0.29) is 12.3 Å². The Labute approximate surface area is 142 Å². The predicted molar refractivity (Wildman–Crippen MR) is 89.5 cm³/mol. The van der Waals surface area contributed by atoms with Gasteiger partial charge in [0.25, 0.3) is 5.91 Å². The quantitative estimate of drug-likeness (QED) is 0.578. The molecule has 0 spiro atoms. The minimum atomic E-state index is -3.95. The fraction of sp³-hybridized carbons (Fsp3) is 0.308. The molecule has 2 rings (SSSR count). The summed E-state index contributed by atoms with van der Waals surface area (Å²) in [7, 11) is -3.95. The van der Waals surface area contributed by atoms with Crippen LogP contribution in [0.25, 0.3) is 0 Å². The number of hydrogen-bond donors (Lipinski definition) is 2. The third kappa shape index (κ3) is 4.77. The Kier molecular flexibility index (Phi) is 5.79. The maximum absolute atomic E-state index is 12.2. The van der Waals surface area contributed by atoms with Crippen LogP contribution in [0.2, 0.25) is 5.02 Å². The molecule has 3 amide bonds. The second kappa shape index (κ2) is 7.43. The summed E-state index contributed by atoms with van der Waals surface area (Å²) < 4.78 is 26.7. The van der Waals surface area contributed by atoms with Crippen LogP contribution < -0.4 is 10.0 Å². The maximum Gasteiger partial charge on any atom is 0.347 e. The van der Waals surface area contributed by atoms with Crippen LogP contribution in [0.15, 0.2) is 34.2 Å². The van der Waals surface area contributed by atoms with E-state index in [1.54, 1.807) is 12.1 Å². The van der Waals surface area contributed by atoms with Gasteiger partial charge in [-0.05, 0) is 31.2 Å². The van der Waals surface area contributed by atoms with Gasteiger partial charge in [0, 0.05) is 27.9 Å². The van der Waals surface area contributed by atoms with E-state index in [0.717, 1.165) is 4.90 Å². The second-order valence-corrected chi connectivity index (χ2v) is 8.12. The molecule has 2 N–H and O–H groups in total. The van der Waals surface area contributed by atoms with Crippen LogP contribution in [-0.2, 0) is 14.8 Å². The maximum atomic E-state index is 12.2. The highest BCUT2D eigenvalue weighted by Gasteiger charge is 2.38. The zero-order valence-corrected chi connectivity index (χ0v) is 14.5. The summed E-state index contributed by atoms with van der Waals surface area (Å²) in [6.07, 6.45) is 0. The minimum Gasteiger partial charge on any atom is -0.275 e. The van der Waals surface area contributed by atoms with Crippen molar-refractivity contribution >= 4 is 51.0 Å². The lowest BCUT2D eigenvalue weighted by molar-refractivity contribution is -0.118. The monoisotopic (exact) mass is 375 g/mol. The van der Waals surface area contributed by atoms with E-state index in [9.17, 15) is 18.0 Å². The molecule has 1 aromatic rings. The van der Waals surface area contributed by atoms with Crippen molar-refractivity contribution in [3.05, 3.63) is 29.3 Å². The van der Waals surface area contributed by atoms with E-state index in [2.05, 4.69) is 9.71 Å². The zero-order valence-electron chi connectivity index (χ0n) is 12.1. The van der Waals surface area contributed by atoms with Gasteiger partial charge in [-0.25, -0.2) is 22.9 Å². The lowest BCUT2D eigenvalue weighted by Crippen LogP contribution is -2.53. The number of hydrogen-bond acceptors (Lipinski definition) is 5. The highest BCUT2D eigenvalue weighted by molar-refractivity contribution is 7.99. The van der Waals surface area contributed by atoms with Gasteiger partial charge < -0.3 is 0 Å². The fourth-order valence-corrected chi connectivity index (χ4v) is 4.36. The molecule has 1 heterocycles. The van der Waals surface area contributed by atoms with Gasteiger partial charge in [-0.15, -0.1) is 11.8 Å². The first-order valence-corrected chi connectivity index (χ1v) is 9.47. The molecule has 1 aliphatic rings. The van der Waals surface area contributed by atoms with Crippen molar-refractivity contribution < 1.29 is 18.0 Å². The molecular formula is C13H14ClN3O4S2. The average Bonchev–Trinajstić information content (AvgIpc) is 2.44. The van der Waals surface area contributed by atoms with E-state index in [0.29, 0.717) is 10.8 Å². The van der Waals surface area contributed by atoms with Crippen molar-refractivity contribution in [3.8, 4) is 0 Å². The van der Waals surface area contributed by atoms with Crippen LogP contribution in [0, 0.1) is 0 Å². The van der Waals surface area contributed by atoms with Gasteiger partial charge in [0.1, 0.15) is 0 Å². The number of carbonyl (C=O) groups excluding carboxylic acids is 2. The zero-order chi connectivity index (χ0) is 17.0. The third-order valence-electron chi connectivity index (χ3n) is 2.92. The molecule has 0 bridgehead atoms. The first kappa shape index (κ1) is 17.9. The lowest BCUT2D eigenvalue weighted by Gasteiger charge is -2.20. The standard InChI is InChI=1S/C13H14ClN3O4S2/c1-8-11(12(18)17-13(19)16-8)23(20,21)15-6-7-22-10-4-2-9(14)3-5-10/h2-5,11,15H,6-7H2,1H3,(H,17,18,19). The minimum absolute atomic E-state index is 0.0448. The average molecular weight is 376 g/mol. The fourth-order valence-electron chi connectivity index (χ4n) is 1.94. The van der Waals surface area contributed by atoms with Crippen molar-refractivity contribution in [3.63, 3.8) is 0 Å². The highest BCUT2D eigenvalue weighted by atomic mass is 35.5. The number of urea groups is 1. The Morgan fingerprint density at radius 1 is 1.30 bits per heavy atom. The Morgan fingerprint density at radius 2 is 1.96 bits per heavy atom. The number of amides is 3. The second-order valence-electron chi connectivity index (χ2n) is 4.67. The summed E-state index contributed by atoms with van der Waals surface area (Å²) in [4.78, 5) is 27.2. The van der Waals surface area contributed by atoms with Gasteiger partial charge in [0.2, 0.25) is 10.0 Å². The number of nitrogens with zero attached hydrogens (tertiary/aromatic N) is 1. The number of aliphatic imine (C=N–C) groups is 1. The van der Waals surface area contributed by atoms with Gasteiger partial charge >= 0.3 is 6.03 Å². The Morgan fingerprint density at radius 3 is 2.57 bits per heavy atom. The van der Waals surface area contributed by atoms with Gasteiger partial charge in [0.05, 0.1) is 0 Å². The van der Waals surface area contributed by atoms with Crippen molar-refractivity contribution in [2.24, 2.45) is 4.99 Å². The van der Waals surface area contributed by atoms with Crippen LogP contribution in [0.5, 0.6) is 0 Å². The molecule has 1 unspecified atom stereocenters. The molecule has 0 aliphatic carbocycles. The van der Waals surface area contributed by atoms with Crippen molar-refractivity contribution in [1.82, 2.24) is 10.0 Å². The number of nitrogens with one attached hydrogen (secondary N) is 2. The molecule has 10 heteroatoms.